The van der Waals surface area contributed by atoms with E-state index in [0.717, 1.165) is 27.6 Å². The molecule has 4 rings (SSSR count). The van der Waals surface area contributed by atoms with Gasteiger partial charge in [-0.1, -0.05) is 54.6 Å². The van der Waals surface area contributed by atoms with Crippen molar-refractivity contribution in [2.45, 2.75) is 19.0 Å². The van der Waals surface area contributed by atoms with Crippen molar-refractivity contribution in [1.82, 2.24) is 4.90 Å². The second kappa shape index (κ2) is 8.94. The zero-order chi connectivity index (χ0) is 21.8. The van der Waals surface area contributed by atoms with E-state index in [0.29, 0.717) is 13.0 Å². The number of carbonyl (C=O) groups excluding carboxylic acids is 1. The topological polar surface area (TPSA) is 63.7 Å². The molecule has 1 amide bonds. The second-order valence-electron chi connectivity index (χ2n) is 7.77. The van der Waals surface area contributed by atoms with Gasteiger partial charge >= 0.3 is 0 Å². The van der Waals surface area contributed by atoms with E-state index in [1.165, 1.54) is 6.08 Å². The van der Waals surface area contributed by atoms with Gasteiger partial charge in [0.1, 0.15) is 5.75 Å². The monoisotopic (exact) mass is 435 g/mol. The number of benzene rings is 3. The third kappa shape index (κ3) is 4.97. The fourth-order valence-corrected chi connectivity index (χ4v) is 5.73. The lowest BCUT2D eigenvalue weighted by Crippen LogP contribution is -2.39. The maximum absolute atomic E-state index is 13.2. The second-order valence-corrected chi connectivity index (χ2v) is 10.00. The predicted molar refractivity (Wildman–Crippen MR) is 124 cm³/mol. The maximum atomic E-state index is 13.2. The molecule has 1 fully saturated rings. The molecule has 0 aliphatic carbocycles. The Morgan fingerprint density at radius 3 is 2.52 bits per heavy atom. The van der Waals surface area contributed by atoms with Crippen molar-refractivity contribution in [3.63, 3.8) is 0 Å². The van der Waals surface area contributed by atoms with Crippen LogP contribution in [0.3, 0.4) is 0 Å². The maximum Gasteiger partial charge on any atom is 0.247 e. The molecule has 1 atom stereocenters. The Labute approximate surface area is 182 Å². The number of methoxy groups -OCH3 is 1. The van der Waals surface area contributed by atoms with Crippen molar-refractivity contribution in [2.75, 3.05) is 18.6 Å². The molecule has 1 heterocycles. The Bertz CT molecular complexity index is 1210. The van der Waals surface area contributed by atoms with Gasteiger partial charge in [-0.2, -0.15) is 0 Å². The Balaban J connectivity index is 1.62. The van der Waals surface area contributed by atoms with Crippen molar-refractivity contribution in [2.24, 2.45) is 0 Å². The molecule has 160 valence electrons. The summed E-state index contributed by atoms with van der Waals surface area (Å²) in [7, 11) is -1.51. The van der Waals surface area contributed by atoms with Gasteiger partial charge in [0.05, 0.1) is 18.6 Å². The first-order valence-electron chi connectivity index (χ1n) is 10.2. The highest BCUT2D eigenvalue weighted by Gasteiger charge is 2.34. The summed E-state index contributed by atoms with van der Waals surface area (Å²) < 4.78 is 29.4. The SMILES string of the molecule is COc1ccc(/C=C/C(=O)N(Cc2cccc3ccccc23)C2CCS(=O)(=O)C2)cc1. The average Bonchev–Trinajstić information content (AvgIpc) is 3.15. The lowest BCUT2D eigenvalue weighted by atomic mass is 10.0. The minimum Gasteiger partial charge on any atom is -0.497 e. The Hall–Kier alpha value is -3.12. The van der Waals surface area contributed by atoms with Crippen LogP contribution in [0.5, 0.6) is 5.75 Å². The fraction of sp³-hybridized carbons (Fsp3) is 0.240. The van der Waals surface area contributed by atoms with E-state index in [2.05, 4.69) is 0 Å². The van der Waals surface area contributed by atoms with Gasteiger partial charge < -0.3 is 9.64 Å². The largest absolute Gasteiger partial charge is 0.497 e. The zero-order valence-electron chi connectivity index (χ0n) is 17.4. The highest BCUT2D eigenvalue weighted by Crippen LogP contribution is 2.25. The Morgan fingerprint density at radius 1 is 1.06 bits per heavy atom. The summed E-state index contributed by atoms with van der Waals surface area (Å²) in [6.45, 7) is 0.368. The van der Waals surface area contributed by atoms with Gasteiger partial charge in [0, 0.05) is 18.7 Å². The quantitative estimate of drug-likeness (QED) is 0.548. The van der Waals surface area contributed by atoms with Crippen LogP contribution < -0.4 is 4.74 Å². The van der Waals surface area contributed by atoms with E-state index in [9.17, 15) is 13.2 Å². The number of fused-ring (bicyclic) bond motifs is 1. The molecule has 5 nitrogen and oxygen atoms in total. The summed E-state index contributed by atoms with van der Waals surface area (Å²) in [4.78, 5) is 14.9. The van der Waals surface area contributed by atoms with Crippen molar-refractivity contribution < 1.29 is 17.9 Å². The Kier molecular flexibility index (Phi) is 6.09. The minimum atomic E-state index is -3.12. The van der Waals surface area contributed by atoms with E-state index < -0.39 is 9.84 Å². The standard InChI is InChI=1S/C25H25NO4S/c1-30-23-12-9-19(10-13-23)11-14-25(27)26(22-15-16-31(28,29)18-22)17-21-7-4-6-20-5-2-3-8-24(20)21/h2-14,22H,15-18H2,1H3/b14-11+. The van der Waals surface area contributed by atoms with Crippen molar-refractivity contribution >= 4 is 32.6 Å². The molecule has 1 aliphatic rings. The van der Waals surface area contributed by atoms with Gasteiger partial charge in [0.25, 0.3) is 0 Å². The molecule has 31 heavy (non-hydrogen) atoms. The first-order chi connectivity index (χ1) is 14.9. The number of carbonyl (C=O) groups is 1. The number of ether oxygens (including phenoxy) is 1. The molecule has 0 bridgehead atoms. The minimum absolute atomic E-state index is 0.0138. The first-order valence-corrected chi connectivity index (χ1v) is 12.1. The summed E-state index contributed by atoms with van der Waals surface area (Å²) >= 11 is 0. The van der Waals surface area contributed by atoms with Crippen LogP contribution in [0.4, 0.5) is 0 Å². The predicted octanol–water partition coefficient (Wildman–Crippen LogP) is 4.08. The molecule has 0 N–H and O–H groups in total. The van der Waals surface area contributed by atoms with Crippen LogP contribution in [0, 0.1) is 0 Å². The summed E-state index contributed by atoms with van der Waals surface area (Å²) in [5, 5.41) is 2.17. The molecule has 6 heteroatoms. The van der Waals surface area contributed by atoms with Crippen LogP contribution in [0.25, 0.3) is 16.8 Å². The summed E-state index contributed by atoms with van der Waals surface area (Å²) in [5.74, 6) is 0.696. The van der Waals surface area contributed by atoms with Gasteiger partial charge in [-0.3, -0.25) is 4.79 Å². The third-order valence-electron chi connectivity index (χ3n) is 5.69. The van der Waals surface area contributed by atoms with Crippen LogP contribution >= 0.6 is 0 Å². The summed E-state index contributed by atoms with van der Waals surface area (Å²) in [6.07, 6.45) is 3.74. The van der Waals surface area contributed by atoms with E-state index >= 15 is 0 Å². The first kappa shape index (κ1) is 21.1. The number of rotatable bonds is 6. The van der Waals surface area contributed by atoms with Gasteiger partial charge in [-0.15, -0.1) is 0 Å². The summed E-state index contributed by atoms with van der Waals surface area (Å²) in [5.41, 5.74) is 1.88. The Morgan fingerprint density at radius 2 is 1.81 bits per heavy atom. The van der Waals surface area contributed by atoms with Gasteiger partial charge in [-0.25, -0.2) is 8.42 Å². The molecule has 0 aromatic heterocycles. The van der Waals surface area contributed by atoms with E-state index in [4.69, 9.17) is 4.74 Å². The average molecular weight is 436 g/mol. The molecule has 3 aromatic rings. The molecular weight excluding hydrogens is 410 g/mol. The zero-order valence-corrected chi connectivity index (χ0v) is 18.2. The molecule has 0 radical (unpaired) electrons. The fourth-order valence-electron chi connectivity index (χ4n) is 4.00. The summed E-state index contributed by atoms with van der Waals surface area (Å²) in [6, 6.07) is 21.1. The van der Waals surface area contributed by atoms with Gasteiger partial charge in [0.15, 0.2) is 9.84 Å². The number of hydrogen-bond acceptors (Lipinski definition) is 4. The van der Waals surface area contributed by atoms with Crippen LogP contribution in [0.1, 0.15) is 17.5 Å². The van der Waals surface area contributed by atoms with Crippen molar-refractivity contribution in [1.29, 1.82) is 0 Å². The van der Waals surface area contributed by atoms with Gasteiger partial charge in [-0.05, 0) is 46.5 Å². The van der Waals surface area contributed by atoms with Crippen molar-refractivity contribution in [3.05, 3.63) is 83.9 Å². The smallest absolute Gasteiger partial charge is 0.247 e. The molecule has 1 aliphatic heterocycles. The normalized spacial score (nSPS) is 17.8. The van der Waals surface area contributed by atoms with Gasteiger partial charge in [0.2, 0.25) is 5.91 Å². The van der Waals surface area contributed by atoms with Crippen LogP contribution in [-0.4, -0.2) is 43.9 Å². The highest BCUT2D eigenvalue weighted by molar-refractivity contribution is 7.91. The molecule has 0 spiro atoms. The molecule has 3 aromatic carbocycles. The van der Waals surface area contributed by atoms with E-state index in [-0.39, 0.29) is 23.5 Å². The van der Waals surface area contributed by atoms with E-state index in [1.54, 1.807) is 18.1 Å². The number of hydrogen-bond donors (Lipinski definition) is 0. The number of nitrogens with zero attached hydrogens (tertiary/aromatic N) is 1. The molecular formula is C25H25NO4S. The molecule has 1 saturated heterocycles. The molecule has 1 unspecified atom stereocenters. The van der Waals surface area contributed by atoms with Crippen molar-refractivity contribution in [3.8, 4) is 5.75 Å². The van der Waals surface area contributed by atoms with Crippen LogP contribution in [0.2, 0.25) is 0 Å². The number of sulfone groups is 1. The molecule has 0 saturated carbocycles. The van der Waals surface area contributed by atoms with Crippen LogP contribution in [0.15, 0.2) is 72.8 Å². The number of amides is 1. The van der Waals surface area contributed by atoms with Crippen LogP contribution in [-0.2, 0) is 21.2 Å². The third-order valence-corrected chi connectivity index (χ3v) is 7.44. The lowest BCUT2D eigenvalue weighted by molar-refractivity contribution is -0.128. The highest BCUT2D eigenvalue weighted by atomic mass is 32.2. The van der Waals surface area contributed by atoms with E-state index in [1.807, 2.05) is 66.7 Å². The lowest BCUT2D eigenvalue weighted by Gasteiger charge is -2.28.